The van der Waals surface area contributed by atoms with E-state index in [0.29, 0.717) is 0 Å². The molecule has 156 valence electrons. The molecule has 1 aliphatic rings. The minimum Gasteiger partial charge on any atom is -0.465 e. The summed E-state index contributed by atoms with van der Waals surface area (Å²) in [5.74, 6) is -0.541. The largest absolute Gasteiger partial charge is 0.465 e. The molecule has 0 aliphatic carbocycles. The maximum absolute atomic E-state index is 13.0. The van der Waals surface area contributed by atoms with Gasteiger partial charge in [-0.25, -0.2) is 9.59 Å². The monoisotopic (exact) mass is 413 g/mol. The van der Waals surface area contributed by atoms with Crippen molar-refractivity contribution >= 4 is 18.1 Å². The van der Waals surface area contributed by atoms with Crippen LogP contribution in [0.2, 0.25) is 0 Å². The van der Waals surface area contributed by atoms with Crippen LogP contribution < -0.4 is 0 Å². The highest BCUT2D eigenvalue weighted by Crippen LogP contribution is 2.42. The SMILES string of the molecule is O=C1OC(c2ccccc2)C(c2ccccc2)N(C(=O)O)C1CC=Cc1ccccc1. The van der Waals surface area contributed by atoms with Gasteiger partial charge in [-0.1, -0.05) is 103 Å². The van der Waals surface area contributed by atoms with Crippen LogP contribution in [0.3, 0.4) is 0 Å². The Hall–Kier alpha value is -3.86. The fourth-order valence-corrected chi connectivity index (χ4v) is 3.96. The van der Waals surface area contributed by atoms with Gasteiger partial charge in [-0.3, -0.25) is 4.90 Å². The van der Waals surface area contributed by atoms with E-state index in [9.17, 15) is 14.7 Å². The lowest BCUT2D eigenvalue weighted by atomic mass is 9.90. The Kier molecular flexibility index (Phi) is 6.13. The third-order valence-electron chi connectivity index (χ3n) is 5.40. The summed E-state index contributed by atoms with van der Waals surface area (Å²) in [4.78, 5) is 26.6. The van der Waals surface area contributed by atoms with E-state index in [-0.39, 0.29) is 6.42 Å². The van der Waals surface area contributed by atoms with Crippen molar-refractivity contribution in [2.45, 2.75) is 24.6 Å². The first-order chi connectivity index (χ1) is 15.1. The normalized spacial score (nSPS) is 21.1. The van der Waals surface area contributed by atoms with Crippen LogP contribution in [0.1, 0.15) is 35.3 Å². The summed E-state index contributed by atoms with van der Waals surface area (Å²) in [5.41, 5.74) is 2.52. The predicted octanol–water partition coefficient (Wildman–Crippen LogP) is 5.48. The number of morpholine rings is 1. The zero-order valence-corrected chi connectivity index (χ0v) is 16.9. The van der Waals surface area contributed by atoms with Gasteiger partial charge >= 0.3 is 12.1 Å². The minimum absolute atomic E-state index is 0.227. The zero-order chi connectivity index (χ0) is 21.6. The van der Waals surface area contributed by atoms with E-state index >= 15 is 0 Å². The standard InChI is InChI=1S/C26H23NO4/c28-25-22(18-10-13-19-11-4-1-5-12-19)27(26(29)30)23(20-14-6-2-7-15-20)24(31-25)21-16-8-3-9-17-21/h1-17,22-24H,18H2,(H,29,30). The molecule has 3 unspecified atom stereocenters. The number of nitrogens with zero attached hydrogens (tertiary/aromatic N) is 1. The van der Waals surface area contributed by atoms with Crippen molar-refractivity contribution in [1.29, 1.82) is 0 Å². The van der Waals surface area contributed by atoms with Gasteiger partial charge in [-0.05, 0) is 23.1 Å². The summed E-state index contributed by atoms with van der Waals surface area (Å²) >= 11 is 0. The first-order valence-corrected chi connectivity index (χ1v) is 10.2. The van der Waals surface area contributed by atoms with E-state index in [4.69, 9.17) is 4.74 Å². The molecule has 1 amide bonds. The van der Waals surface area contributed by atoms with E-state index < -0.39 is 30.3 Å². The molecule has 3 atom stereocenters. The Labute approximate surface area is 181 Å². The first kappa shape index (κ1) is 20.4. The molecule has 1 N–H and O–H groups in total. The molecule has 0 saturated carbocycles. The van der Waals surface area contributed by atoms with Gasteiger partial charge in [0.15, 0.2) is 6.10 Å². The fourth-order valence-electron chi connectivity index (χ4n) is 3.96. The van der Waals surface area contributed by atoms with Crippen LogP contribution in [0.5, 0.6) is 0 Å². The van der Waals surface area contributed by atoms with Crippen molar-refractivity contribution in [3.05, 3.63) is 114 Å². The van der Waals surface area contributed by atoms with Gasteiger partial charge in [0.1, 0.15) is 12.1 Å². The number of carbonyl (C=O) groups is 2. The summed E-state index contributed by atoms with van der Waals surface area (Å²) in [6.45, 7) is 0. The highest BCUT2D eigenvalue weighted by molar-refractivity contribution is 5.83. The Morgan fingerprint density at radius 3 is 2.00 bits per heavy atom. The number of benzene rings is 3. The second-order valence-corrected chi connectivity index (χ2v) is 7.38. The quantitative estimate of drug-likeness (QED) is 0.563. The van der Waals surface area contributed by atoms with E-state index in [2.05, 4.69) is 0 Å². The van der Waals surface area contributed by atoms with Crippen molar-refractivity contribution in [2.24, 2.45) is 0 Å². The maximum Gasteiger partial charge on any atom is 0.408 e. The number of amides is 1. The molecule has 1 fully saturated rings. The lowest BCUT2D eigenvalue weighted by molar-refractivity contribution is -0.172. The van der Waals surface area contributed by atoms with Gasteiger partial charge in [-0.15, -0.1) is 0 Å². The molecular formula is C26H23NO4. The average molecular weight is 413 g/mol. The molecular weight excluding hydrogens is 390 g/mol. The summed E-state index contributed by atoms with van der Waals surface area (Å²) in [7, 11) is 0. The molecule has 31 heavy (non-hydrogen) atoms. The fraction of sp³-hybridized carbons (Fsp3) is 0.154. The summed E-state index contributed by atoms with van der Waals surface area (Å²) in [5, 5.41) is 10.1. The van der Waals surface area contributed by atoms with E-state index in [1.54, 1.807) is 0 Å². The first-order valence-electron chi connectivity index (χ1n) is 10.2. The van der Waals surface area contributed by atoms with Crippen molar-refractivity contribution in [3.63, 3.8) is 0 Å². The third-order valence-corrected chi connectivity index (χ3v) is 5.40. The molecule has 3 aromatic carbocycles. The predicted molar refractivity (Wildman–Crippen MR) is 118 cm³/mol. The number of rotatable bonds is 5. The molecule has 3 aromatic rings. The molecule has 1 heterocycles. The average Bonchev–Trinajstić information content (AvgIpc) is 2.81. The van der Waals surface area contributed by atoms with E-state index in [1.807, 2.05) is 103 Å². The lowest BCUT2D eigenvalue weighted by Crippen LogP contribution is -2.53. The number of carboxylic acid groups (broad SMARTS) is 1. The summed E-state index contributed by atoms with van der Waals surface area (Å²) in [6.07, 6.45) is 2.06. The molecule has 0 aromatic heterocycles. The number of cyclic esters (lactones) is 1. The minimum atomic E-state index is -1.15. The van der Waals surface area contributed by atoms with E-state index in [1.165, 1.54) is 4.90 Å². The summed E-state index contributed by atoms with van der Waals surface area (Å²) in [6, 6.07) is 26.7. The summed E-state index contributed by atoms with van der Waals surface area (Å²) < 4.78 is 5.86. The van der Waals surface area contributed by atoms with Crippen LogP contribution in [0, 0.1) is 0 Å². The van der Waals surface area contributed by atoms with Crippen LogP contribution in [0.4, 0.5) is 4.79 Å². The van der Waals surface area contributed by atoms with E-state index in [0.717, 1.165) is 16.7 Å². The van der Waals surface area contributed by atoms with Crippen molar-refractivity contribution in [3.8, 4) is 0 Å². The number of esters is 1. The highest BCUT2D eigenvalue weighted by Gasteiger charge is 2.47. The molecule has 5 heteroatoms. The second-order valence-electron chi connectivity index (χ2n) is 7.38. The zero-order valence-electron chi connectivity index (χ0n) is 16.9. The second kappa shape index (κ2) is 9.30. The molecule has 0 radical (unpaired) electrons. The molecule has 1 saturated heterocycles. The molecule has 0 bridgehead atoms. The number of hydrogen-bond acceptors (Lipinski definition) is 3. The Balaban J connectivity index is 1.70. The number of ether oxygens (including phenoxy) is 1. The number of hydrogen-bond donors (Lipinski definition) is 1. The van der Waals surface area contributed by atoms with Crippen molar-refractivity contribution in [2.75, 3.05) is 0 Å². The molecule has 4 rings (SSSR count). The smallest absolute Gasteiger partial charge is 0.408 e. The van der Waals surface area contributed by atoms with Crippen LogP contribution >= 0.6 is 0 Å². The molecule has 1 aliphatic heterocycles. The third kappa shape index (κ3) is 4.51. The van der Waals surface area contributed by atoms with Gasteiger partial charge in [0.25, 0.3) is 0 Å². The Morgan fingerprint density at radius 1 is 0.871 bits per heavy atom. The maximum atomic E-state index is 13.0. The van der Waals surface area contributed by atoms with Gasteiger partial charge in [0.2, 0.25) is 0 Å². The Morgan fingerprint density at radius 2 is 1.42 bits per heavy atom. The van der Waals surface area contributed by atoms with Crippen LogP contribution in [0.15, 0.2) is 97.1 Å². The van der Waals surface area contributed by atoms with Crippen LogP contribution in [-0.2, 0) is 9.53 Å². The topological polar surface area (TPSA) is 66.8 Å². The van der Waals surface area contributed by atoms with Gasteiger partial charge in [0.05, 0.1) is 0 Å². The van der Waals surface area contributed by atoms with Crippen molar-refractivity contribution in [1.82, 2.24) is 4.90 Å². The number of carbonyl (C=O) groups excluding carboxylic acids is 1. The van der Waals surface area contributed by atoms with Crippen LogP contribution in [0.25, 0.3) is 6.08 Å². The van der Waals surface area contributed by atoms with Gasteiger partial charge in [-0.2, -0.15) is 0 Å². The highest BCUT2D eigenvalue weighted by atomic mass is 16.6. The van der Waals surface area contributed by atoms with Gasteiger partial charge in [0, 0.05) is 0 Å². The molecule has 0 spiro atoms. The molecule has 5 nitrogen and oxygen atoms in total. The van der Waals surface area contributed by atoms with Crippen LogP contribution in [-0.4, -0.2) is 28.1 Å². The Bertz CT molecular complexity index is 1050. The van der Waals surface area contributed by atoms with Crippen molar-refractivity contribution < 1.29 is 19.4 Å². The van der Waals surface area contributed by atoms with Gasteiger partial charge < -0.3 is 9.84 Å². The lowest BCUT2D eigenvalue weighted by Gasteiger charge is -2.43.